The molecule has 0 atom stereocenters. The van der Waals surface area contributed by atoms with Crippen molar-refractivity contribution in [3.8, 4) is 0 Å². The van der Waals surface area contributed by atoms with Crippen LogP contribution in [0.2, 0.25) is 0 Å². The van der Waals surface area contributed by atoms with Crippen molar-refractivity contribution >= 4 is 28.6 Å². The number of rotatable bonds is 6. The van der Waals surface area contributed by atoms with Gasteiger partial charge in [0.05, 0.1) is 6.61 Å². The van der Waals surface area contributed by atoms with E-state index >= 15 is 0 Å². The van der Waals surface area contributed by atoms with Crippen LogP contribution in [-0.4, -0.2) is 32.1 Å². The molecule has 0 saturated carbocycles. The van der Waals surface area contributed by atoms with Gasteiger partial charge in [-0.1, -0.05) is 18.7 Å². The first kappa shape index (κ1) is 15.3. The summed E-state index contributed by atoms with van der Waals surface area (Å²) < 4.78 is -0.169. The van der Waals surface area contributed by atoms with E-state index in [1.54, 1.807) is 11.8 Å². The molecule has 0 aliphatic rings. The summed E-state index contributed by atoms with van der Waals surface area (Å²) in [6.45, 7) is 10.2. The van der Waals surface area contributed by atoms with Gasteiger partial charge in [0.25, 0.3) is 0 Å². The van der Waals surface area contributed by atoms with E-state index in [2.05, 4.69) is 13.8 Å². The first-order valence-electron chi connectivity index (χ1n) is 5.19. The third kappa shape index (κ3) is 7.25. The van der Waals surface area contributed by atoms with Gasteiger partial charge in [0.1, 0.15) is 0 Å². The minimum absolute atomic E-state index is 0.0514. The van der Waals surface area contributed by atoms with Crippen LogP contribution in [0.1, 0.15) is 41.0 Å². The summed E-state index contributed by atoms with van der Waals surface area (Å²) in [6, 6.07) is 0. The van der Waals surface area contributed by atoms with Crippen molar-refractivity contribution in [3.63, 3.8) is 0 Å². The monoisotopic (exact) mass is 250 g/mol. The Morgan fingerprint density at radius 3 is 2.13 bits per heavy atom. The second-order valence-corrected chi connectivity index (χ2v) is 8.24. The zero-order valence-electron chi connectivity index (χ0n) is 10.3. The minimum atomic E-state index is -0.118. The van der Waals surface area contributed by atoms with Crippen molar-refractivity contribution in [1.82, 2.24) is 0 Å². The lowest BCUT2D eigenvalue weighted by molar-refractivity contribution is -0.110. The fraction of sp³-hybridized carbons (Fsp3) is 0.909. The number of carbonyl (C=O) groups is 1. The highest BCUT2D eigenvalue weighted by Gasteiger charge is 2.26. The zero-order chi connectivity index (χ0) is 12.1. The molecule has 0 aliphatic heterocycles. The van der Waals surface area contributed by atoms with E-state index in [9.17, 15) is 4.79 Å². The molecule has 0 amide bonds. The number of hydrogen-bond donors (Lipinski definition) is 1. The maximum absolute atomic E-state index is 11.3. The fourth-order valence-electron chi connectivity index (χ4n) is 0.825. The van der Waals surface area contributed by atoms with E-state index in [4.69, 9.17) is 5.11 Å². The summed E-state index contributed by atoms with van der Waals surface area (Å²) in [4.78, 5) is 11.3. The highest BCUT2D eigenvalue weighted by Crippen LogP contribution is 2.34. The van der Waals surface area contributed by atoms with Crippen LogP contribution >= 0.6 is 23.5 Å². The smallest absolute Gasteiger partial charge is 0.189 e. The molecule has 0 bridgehead atoms. The topological polar surface area (TPSA) is 37.3 Å². The molecule has 90 valence electrons. The summed E-state index contributed by atoms with van der Waals surface area (Å²) >= 11 is 3.13. The Labute approximate surface area is 102 Å². The number of hydrogen-bond acceptors (Lipinski definition) is 4. The lowest BCUT2D eigenvalue weighted by Gasteiger charge is -2.28. The van der Waals surface area contributed by atoms with Gasteiger partial charge in [0.2, 0.25) is 0 Å². The molecule has 2 nitrogen and oxygen atoms in total. The van der Waals surface area contributed by atoms with Crippen LogP contribution in [0.25, 0.3) is 0 Å². The molecule has 15 heavy (non-hydrogen) atoms. The molecule has 0 aromatic rings. The van der Waals surface area contributed by atoms with Gasteiger partial charge in [-0.2, -0.15) is 11.8 Å². The van der Waals surface area contributed by atoms with Crippen molar-refractivity contribution < 1.29 is 9.90 Å². The molecule has 0 aromatic carbocycles. The number of aliphatic hydroxyl groups excluding tert-OH is 1. The highest BCUT2D eigenvalue weighted by molar-refractivity contribution is 8.15. The first-order chi connectivity index (χ1) is 6.72. The lowest BCUT2D eigenvalue weighted by Crippen LogP contribution is -2.27. The summed E-state index contributed by atoms with van der Waals surface area (Å²) in [5, 5.41) is 9.36. The van der Waals surface area contributed by atoms with Crippen molar-refractivity contribution in [3.05, 3.63) is 0 Å². The van der Waals surface area contributed by atoms with Gasteiger partial charge in [-0.15, -0.1) is 0 Å². The van der Waals surface area contributed by atoms with Crippen LogP contribution in [0.4, 0.5) is 0 Å². The lowest BCUT2D eigenvalue weighted by atomic mass is 10.2. The van der Waals surface area contributed by atoms with Gasteiger partial charge in [-0.25, -0.2) is 0 Å². The zero-order valence-corrected chi connectivity index (χ0v) is 11.9. The number of carbonyl (C=O) groups excluding carboxylic acids is 1. The molecule has 0 radical (unpaired) electrons. The maximum atomic E-state index is 11.3. The summed E-state index contributed by atoms with van der Waals surface area (Å²) in [7, 11) is 0. The van der Waals surface area contributed by atoms with Gasteiger partial charge >= 0.3 is 0 Å². The van der Waals surface area contributed by atoms with Crippen LogP contribution < -0.4 is 0 Å². The van der Waals surface area contributed by atoms with Gasteiger partial charge in [-0.3, -0.25) is 4.79 Å². The Balaban J connectivity index is 4.09. The molecule has 0 unspecified atom stereocenters. The average molecular weight is 250 g/mol. The summed E-state index contributed by atoms with van der Waals surface area (Å²) in [5.41, 5.74) is 0. The van der Waals surface area contributed by atoms with Crippen molar-refractivity contribution in [1.29, 1.82) is 0 Å². The Kier molecular flexibility index (Phi) is 6.30. The summed E-state index contributed by atoms with van der Waals surface area (Å²) in [5.74, 6) is 0.872. The quantitative estimate of drug-likeness (QED) is 0.786. The first-order valence-corrected chi connectivity index (χ1v) is 6.99. The molecule has 0 saturated heterocycles. The summed E-state index contributed by atoms with van der Waals surface area (Å²) in [6.07, 6.45) is 0.585. The van der Waals surface area contributed by atoms with Crippen LogP contribution in [0, 0.1) is 0 Å². The molecule has 0 aromatic heterocycles. The third-order valence-electron chi connectivity index (χ3n) is 1.87. The van der Waals surface area contributed by atoms with Crippen LogP contribution in [0.5, 0.6) is 0 Å². The molecule has 0 rings (SSSR count). The number of thioether (sulfide) groups is 2. The van der Waals surface area contributed by atoms with Gasteiger partial charge in [0.15, 0.2) is 5.12 Å². The van der Waals surface area contributed by atoms with Crippen LogP contribution in [-0.2, 0) is 4.79 Å². The van der Waals surface area contributed by atoms with Crippen LogP contribution in [0.3, 0.4) is 0 Å². The molecular formula is C11H22O2S2. The predicted octanol–water partition coefficient (Wildman–Crippen LogP) is 2.94. The predicted molar refractivity (Wildman–Crippen MR) is 70.6 cm³/mol. The fourth-order valence-corrected chi connectivity index (χ4v) is 2.83. The standard InChI is InChI=1S/C11H22O2S2/c1-6-9(13)15-11(4,5)8-14-10(2,3)7-12/h12H,6-8H2,1-5H3. The maximum Gasteiger partial charge on any atom is 0.189 e. The molecule has 0 heterocycles. The van der Waals surface area contributed by atoms with E-state index in [1.165, 1.54) is 11.8 Å². The SMILES string of the molecule is CCC(=O)SC(C)(C)CSC(C)(C)CO. The third-order valence-corrected chi connectivity index (χ3v) is 5.04. The van der Waals surface area contributed by atoms with Crippen molar-refractivity contribution in [2.75, 3.05) is 12.4 Å². The Morgan fingerprint density at radius 1 is 1.20 bits per heavy atom. The van der Waals surface area contributed by atoms with E-state index in [1.807, 2.05) is 20.8 Å². The largest absolute Gasteiger partial charge is 0.395 e. The highest BCUT2D eigenvalue weighted by atomic mass is 32.2. The molecule has 0 spiro atoms. The molecule has 4 heteroatoms. The minimum Gasteiger partial charge on any atom is -0.395 e. The van der Waals surface area contributed by atoms with Gasteiger partial charge in [0, 0.05) is 21.7 Å². The Hall–Kier alpha value is 0.330. The van der Waals surface area contributed by atoms with E-state index in [0.717, 1.165) is 5.75 Å². The Morgan fingerprint density at radius 2 is 1.73 bits per heavy atom. The van der Waals surface area contributed by atoms with Gasteiger partial charge in [-0.05, 0) is 27.7 Å². The number of aliphatic hydroxyl groups is 1. The second kappa shape index (κ2) is 6.16. The molecular weight excluding hydrogens is 228 g/mol. The van der Waals surface area contributed by atoms with Gasteiger partial charge < -0.3 is 5.11 Å². The van der Waals surface area contributed by atoms with Crippen LogP contribution in [0.15, 0.2) is 0 Å². The molecule has 0 fully saturated rings. The molecule has 0 aliphatic carbocycles. The van der Waals surface area contributed by atoms with Crippen molar-refractivity contribution in [2.24, 2.45) is 0 Å². The Bertz CT molecular complexity index is 213. The van der Waals surface area contributed by atoms with E-state index in [-0.39, 0.29) is 21.2 Å². The van der Waals surface area contributed by atoms with E-state index in [0.29, 0.717) is 6.42 Å². The normalized spacial score (nSPS) is 12.9. The molecule has 1 N–H and O–H groups in total. The second-order valence-electron chi connectivity index (χ2n) is 4.79. The van der Waals surface area contributed by atoms with E-state index < -0.39 is 0 Å². The average Bonchev–Trinajstić information content (AvgIpc) is 2.14. The van der Waals surface area contributed by atoms with Crippen molar-refractivity contribution in [2.45, 2.75) is 50.5 Å².